The van der Waals surface area contributed by atoms with Crippen molar-refractivity contribution in [2.45, 2.75) is 32.0 Å². The van der Waals surface area contributed by atoms with Gasteiger partial charge in [-0.2, -0.15) is 18.2 Å². The maximum atomic E-state index is 12.8. The summed E-state index contributed by atoms with van der Waals surface area (Å²) >= 11 is 0. The molecule has 4 rings (SSSR count). The molecule has 1 aromatic carbocycles. The first-order valence-electron chi connectivity index (χ1n) is 9.38. The van der Waals surface area contributed by atoms with E-state index in [0.29, 0.717) is 23.8 Å². The van der Waals surface area contributed by atoms with Crippen LogP contribution < -0.4 is 0 Å². The Morgan fingerprint density at radius 2 is 1.81 bits per heavy atom. The minimum atomic E-state index is -4.35. The smallest absolute Gasteiger partial charge is 0.338 e. The highest BCUT2D eigenvalue weighted by Crippen LogP contribution is 2.30. The summed E-state index contributed by atoms with van der Waals surface area (Å²) in [6.45, 7) is 5.86. The van der Waals surface area contributed by atoms with Crippen molar-refractivity contribution in [3.8, 4) is 0 Å². The fraction of sp³-hybridized carbons (Fsp3) is 0.579. The summed E-state index contributed by atoms with van der Waals surface area (Å²) in [4.78, 5) is 9.15. The van der Waals surface area contributed by atoms with Gasteiger partial charge in [0.1, 0.15) is 0 Å². The third-order valence-electron chi connectivity index (χ3n) is 5.16. The SMILES string of the molecule is FC(F)(F)c1cccc(Cc2noc(CN3CCN(CC4CC4)CC3)n2)c1. The average molecular weight is 380 g/mol. The number of hydrogen-bond acceptors (Lipinski definition) is 5. The Morgan fingerprint density at radius 1 is 1.07 bits per heavy atom. The first-order valence-corrected chi connectivity index (χ1v) is 9.38. The van der Waals surface area contributed by atoms with Crippen molar-refractivity contribution in [2.75, 3.05) is 32.7 Å². The van der Waals surface area contributed by atoms with Crippen molar-refractivity contribution in [1.29, 1.82) is 0 Å². The Kier molecular flexibility index (Phi) is 5.19. The lowest BCUT2D eigenvalue weighted by Crippen LogP contribution is -2.46. The van der Waals surface area contributed by atoms with Gasteiger partial charge in [0, 0.05) is 39.1 Å². The molecule has 8 heteroatoms. The average Bonchev–Trinajstić information content (AvgIpc) is 3.35. The van der Waals surface area contributed by atoms with Crippen LogP contribution in [0.3, 0.4) is 0 Å². The fourth-order valence-electron chi connectivity index (χ4n) is 3.45. The maximum Gasteiger partial charge on any atom is 0.416 e. The van der Waals surface area contributed by atoms with Gasteiger partial charge in [-0.15, -0.1) is 0 Å². The van der Waals surface area contributed by atoms with E-state index in [0.717, 1.165) is 44.2 Å². The largest absolute Gasteiger partial charge is 0.416 e. The van der Waals surface area contributed by atoms with Crippen LogP contribution in [-0.2, 0) is 19.1 Å². The number of hydrogen-bond donors (Lipinski definition) is 0. The third kappa shape index (κ3) is 5.07. The van der Waals surface area contributed by atoms with Crippen LogP contribution >= 0.6 is 0 Å². The molecular formula is C19H23F3N4O. The van der Waals surface area contributed by atoms with Crippen molar-refractivity contribution in [3.05, 3.63) is 47.1 Å². The van der Waals surface area contributed by atoms with Crippen molar-refractivity contribution < 1.29 is 17.7 Å². The highest BCUT2D eigenvalue weighted by Gasteiger charge is 2.30. The minimum absolute atomic E-state index is 0.225. The summed E-state index contributed by atoms with van der Waals surface area (Å²) in [6, 6.07) is 5.24. The Labute approximate surface area is 156 Å². The minimum Gasteiger partial charge on any atom is -0.338 e. The van der Waals surface area contributed by atoms with Gasteiger partial charge in [-0.05, 0) is 30.4 Å². The van der Waals surface area contributed by atoms with Crippen LogP contribution in [0.15, 0.2) is 28.8 Å². The molecule has 5 nitrogen and oxygen atoms in total. The molecule has 2 fully saturated rings. The van der Waals surface area contributed by atoms with E-state index in [1.165, 1.54) is 25.5 Å². The van der Waals surface area contributed by atoms with Gasteiger partial charge in [-0.3, -0.25) is 4.90 Å². The van der Waals surface area contributed by atoms with Crippen LogP contribution in [0.4, 0.5) is 13.2 Å². The number of benzene rings is 1. The Morgan fingerprint density at radius 3 is 2.52 bits per heavy atom. The predicted molar refractivity (Wildman–Crippen MR) is 93.0 cm³/mol. The van der Waals surface area contributed by atoms with Gasteiger partial charge >= 0.3 is 6.18 Å². The molecule has 0 amide bonds. The normalized spacial score (nSPS) is 19.5. The van der Waals surface area contributed by atoms with Gasteiger partial charge in [0.2, 0.25) is 5.89 Å². The first-order chi connectivity index (χ1) is 13.0. The molecule has 2 aliphatic rings. The monoisotopic (exact) mass is 380 g/mol. The molecule has 1 saturated heterocycles. The standard InChI is InChI=1S/C19H23F3N4O/c20-19(21,22)16-3-1-2-15(10-16)11-17-23-18(27-24-17)13-26-8-6-25(7-9-26)12-14-4-5-14/h1-3,10,14H,4-9,11-13H2. The number of alkyl halides is 3. The van der Waals surface area contributed by atoms with E-state index >= 15 is 0 Å². The van der Waals surface area contributed by atoms with Crippen LogP contribution in [0.2, 0.25) is 0 Å². The number of aromatic nitrogens is 2. The van der Waals surface area contributed by atoms with Gasteiger partial charge in [0.15, 0.2) is 5.82 Å². The fourth-order valence-corrected chi connectivity index (χ4v) is 3.45. The van der Waals surface area contributed by atoms with Crippen LogP contribution in [0.5, 0.6) is 0 Å². The topological polar surface area (TPSA) is 45.4 Å². The zero-order valence-electron chi connectivity index (χ0n) is 15.1. The van der Waals surface area contributed by atoms with Gasteiger partial charge in [0.05, 0.1) is 12.1 Å². The summed E-state index contributed by atoms with van der Waals surface area (Å²) < 4.78 is 43.7. The summed E-state index contributed by atoms with van der Waals surface area (Å²) in [5.74, 6) is 1.84. The molecule has 0 unspecified atom stereocenters. The quantitative estimate of drug-likeness (QED) is 0.770. The Bertz CT molecular complexity index is 764. The maximum absolute atomic E-state index is 12.8. The summed E-state index contributed by atoms with van der Waals surface area (Å²) in [5, 5.41) is 3.93. The molecule has 2 heterocycles. The van der Waals surface area contributed by atoms with Gasteiger partial charge in [0.25, 0.3) is 0 Å². The Balaban J connectivity index is 1.30. The van der Waals surface area contributed by atoms with Crippen LogP contribution in [0.25, 0.3) is 0 Å². The zero-order chi connectivity index (χ0) is 18.9. The lowest BCUT2D eigenvalue weighted by molar-refractivity contribution is -0.137. The second-order valence-electron chi connectivity index (χ2n) is 7.50. The summed E-state index contributed by atoms with van der Waals surface area (Å²) in [5.41, 5.74) is -0.140. The zero-order valence-corrected chi connectivity index (χ0v) is 15.1. The Hall–Kier alpha value is -1.93. The third-order valence-corrected chi connectivity index (χ3v) is 5.16. The van der Waals surface area contributed by atoms with E-state index in [2.05, 4.69) is 19.9 Å². The molecule has 1 aromatic heterocycles. The van der Waals surface area contributed by atoms with E-state index in [1.54, 1.807) is 6.07 Å². The first kappa shape index (κ1) is 18.4. The van der Waals surface area contributed by atoms with E-state index in [-0.39, 0.29) is 6.42 Å². The molecule has 1 aliphatic carbocycles. The van der Waals surface area contributed by atoms with Crippen LogP contribution in [-0.4, -0.2) is 52.7 Å². The van der Waals surface area contributed by atoms with Gasteiger partial charge in [-0.1, -0.05) is 23.4 Å². The predicted octanol–water partition coefficient (Wildman–Crippen LogP) is 3.21. The molecule has 0 bridgehead atoms. The van der Waals surface area contributed by atoms with Crippen molar-refractivity contribution in [2.24, 2.45) is 5.92 Å². The summed E-state index contributed by atoms with van der Waals surface area (Å²) in [7, 11) is 0. The molecule has 1 saturated carbocycles. The highest BCUT2D eigenvalue weighted by atomic mass is 19.4. The molecule has 27 heavy (non-hydrogen) atoms. The second-order valence-corrected chi connectivity index (χ2v) is 7.50. The van der Waals surface area contributed by atoms with Crippen LogP contribution in [0.1, 0.15) is 35.7 Å². The summed E-state index contributed by atoms with van der Waals surface area (Å²) in [6.07, 6.45) is -1.38. The van der Waals surface area contributed by atoms with Gasteiger partial charge in [-0.25, -0.2) is 0 Å². The molecule has 0 atom stereocenters. The van der Waals surface area contributed by atoms with Crippen molar-refractivity contribution in [3.63, 3.8) is 0 Å². The van der Waals surface area contributed by atoms with Crippen molar-refractivity contribution in [1.82, 2.24) is 19.9 Å². The van der Waals surface area contributed by atoms with Crippen LogP contribution in [0, 0.1) is 5.92 Å². The molecule has 0 spiro atoms. The molecular weight excluding hydrogens is 357 g/mol. The number of nitrogens with zero attached hydrogens (tertiary/aromatic N) is 4. The van der Waals surface area contributed by atoms with E-state index < -0.39 is 11.7 Å². The highest BCUT2D eigenvalue weighted by molar-refractivity contribution is 5.27. The molecule has 2 aromatic rings. The van der Waals surface area contributed by atoms with Crippen molar-refractivity contribution >= 4 is 0 Å². The number of piperazine rings is 1. The lowest BCUT2D eigenvalue weighted by Gasteiger charge is -2.33. The molecule has 0 N–H and O–H groups in total. The number of halogens is 3. The van der Waals surface area contributed by atoms with E-state index in [4.69, 9.17) is 4.52 Å². The molecule has 146 valence electrons. The van der Waals surface area contributed by atoms with E-state index in [1.807, 2.05) is 0 Å². The second kappa shape index (κ2) is 7.59. The molecule has 1 aliphatic heterocycles. The van der Waals surface area contributed by atoms with Gasteiger partial charge < -0.3 is 9.42 Å². The lowest BCUT2D eigenvalue weighted by atomic mass is 10.1. The number of rotatable bonds is 6. The van der Waals surface area contributed by atoms with E-state index in [9.17, 15) is 13.2 Å². The molecule has 0 radical (unpaired) electrons.